The first-order valence-corrected chi connectivity index (χ1v) is 9.06. The SMILES string of the molecule is CCCNc1nc(NC2CCS(=O)(=O)C2)c(Cl)cc1Cl. The number of halogens is 2. The maximum Gasteiger partial charge on any atom is 0.152 e. The molecule has 1 aromatic rings. The molecule has 0 radical (unpaired) electrons. The van der Waals surface area contributed by atoms with Gasteiger partial charge in [0, 0.05) is 12.6 Å². The van der Waals surface area contributed by atoms with Crippen molar-refractivity contribution in [1.82, 2.24) is 4.98 Å². The van der Waals surface area contributed by atoms with Crippen LogP contribution < -0.4 is 10.6 Å². The molecule has 0 spiro atoms. The summed E-state index contributed by atoms with van der Waals surface area (Å²) in [5.74, 6) is 1.35. The van der Waals surface area contributed by atoms with Crippen molar-refractivity contribution >= 4 is 44.7 Å². The summed E-state index contributed by atoms with van der Waals surface area (Å²) in [4.78, 5) is 4.34. The molecule has 1 unspecified atom stereocenters. The summed E-state index contributed by atoms with van der Waals surface area (Å²) in [6.07, 6.45) is 1.52. The number of hydrogen-bond acceptors (Lipinski definition) is 5. The molecule has 1 fully saturated rings. The second-order valence-corrected chi connectivity index (χ2v) is 7.86. The van der Waals surface area contributed by atoms with Crippen molar-refractivity contribution < 1.29 is 8.42 Å². The van der Waals surface area contributed by atoms with Crippen LogP contribution in [0.5, 0.6) is 0 Å². The quantitative estimate of drug-likeness (QED) is 0.864. The largest absolute Gasteiger partial charge is 0.369 e. The van der Waals surface area contributed by atoms with E-state index >= 15 is 0 Å². The molecule has 1 aliphatic heterocycles. The lowest BCUT2D eigenvalue weighted by atomic mass is 10.2. The van der Waals surface area contributed by atoms with E-state index in [1.54, 1.807) is 6.07 Å². The fourth-order valence-electron chi connectivity index (χ4n) is 2.04. The van der Waals surface area contributed by atoms with Crippen molar-refractivity contribution in [2.24, 2.45) is 0 Å². The Hall–Kier alpha value is -0.720. The molecule has 0 amide bonds. The number of nitrogens with zero attached hydrogens (tertiary/aromatic N) is 1. The summed E-state index contributed by atoms with van der Waals surface area (Å²) in [5.41, 5.74) is 0. The van der Waals surface area contributed by atoms with Crippen molar-refractivity contribution in [1.29, 1.82) is 0 Å². The van der Waals surface area contributed by atoms with Gasteiger partial charge >= 0.3 is 0 Å². The number of nitrogens with one attached hydrogen (secondary N) is 2. The zero-order chi connectivity index (χ0) is 14.8. The second-order valence-electron chi connectivity index (χ2n) is 4.82. The lowest BCUT2D eigenvalue weighted by Crippen LogP contribution is -2.21. The van der Waals surface area contributed by atoms with E-state index in [-0.39, 0.29) is 17.5 Å². The van der Waals surface area contributed by atoms with Crippen LogP contribution in [0.3, 0.4) is 0 Å². The molecule has 1 saturated heterocycles. The number of aromatic nitrogens is 1. The number of sulfone groups is 1. The van der Waals surface area contributed by atoms with Crippen molar-refractivity contribution in [2.75, 3.05) is 28.7 Å². The van der Waals surface area contributed by atoms with E-state index in [0.29, 0.717) is 28.1 Å². The summed E-state index contributed by atoms with van der Waals surface area (Å²) in [6.45, 7) is 2.80. The molecule has 0 aliphatic carbocycles. The van der Waals surface area contributed by atoms with Gasteiger partial charge in [-0.3, -0.25) is 0 Å². The highest BCUT2D eigenvalue weighted by Gasteiger charge is 2.28. The Balaban J connectivity index is 2.15. The minimum atomic E-state index is -2.94. The lowest BCUT2D eigenvalue weighted by molar-refractivity contribution is 0.602. The molecule has 112 valence electrons. The third kappa shape index (κ3) is 3.90. The molecule has 0 aromatic carbocycles. The summed E-state index contributed by atoms with van der Waals surface area (Å²) >= 11 is 12.2. The van der Waals surface area contributed by atoms with Gasteiger partial charge in [0.1, 0.15) is 11.6 Å². The predicted octanol–water partition coefficient (Wildman–Crippen LogP) is 2.81. The molecule has 2 N–H and O–H groups in total. The molecular weight excluding hydrogens is 321 g/mol. The molecule has 1 atom stereocenters. The molecule has 5 nitrogen and oxygen atoms in total. The first-order chi connectivity index (χ1) is 9.41. The first kappa shape index (κ1) is 15.7. The van der Waals surface area contributed by atoms with Gasteiger partial charge in [0.05, 0.1) is 21.6 Å². The Morgan fingerprint density at radius 2 is 2.05 bits per heavy atom. The van der Waals surface area contributed by atoms with E-state index in [1.165, 1.54) is 0 Å². The van der Waals surface area contributed by atoms with Crippen molar-refractivity contribution in [3.63, 3.8) is 0 Å². The van der Waals surface area contributed by atoms with Crippen LogP contribution in [-0.4, -0.2) is 37.5 Å². The summed E-state index contributed by atoms with van der Waals surface area (Å²) in [5, 5.41) is 7.04. The van der Waals surface area contributed by atoms with Crippen molar-refractivity contribution in [3.05, 3.63) is 16.1 Å². The molecule has 2 heterocycles. The van der Waals surface area contributed by atoms with E-state index in [2.05, 4.69) is 15.6 Å². The Bertz CT molecular complexity index is 593. The van der Waals surface area contributed by atoms with Crippen LogP contribution in [0.1, 0.15) is 19.8 Å². The summed E-state index contributed by atoms with van der Waals surface area (Å²) in [6, 6.07) is 1.46. The predicted molar refractivity (Wildman–Crippen MR) is 83.7 cm³/mol. The van der Waals surface area contributed by atoms with Gasteiger partial charge in [-0.1, -0.05) is 30.1 Å². The van der Waals surface area contributed by atoms with Crippen LogP contribution in [0.4, 0.5) is 11.6 Å². The second kappa shape index (κ2) is 6.37. The lowest BCUT2D eigenvalue weighted by Gasteiger charge is -2.15. The fraction of sp³-hybridized carbons (Fsp3) is 0.583. The van der Waals surface area contributed by atoms with E-state index in [9.17, 15) is 8.42 Å². The fourth-order valence-corrected chi connectivity index (χ4v) is 4.19. The van der Waals surface area contributed by atoms with E-state index in [0.717, 1.165) is 13.0 Å². The average Bonchev–Trinajstić information content (AvgIpc) is 2.71. The van der Waals surface area contributed by atoms with Gasteiger partial charge in [0.25, 0.3) is 0 Å². The van der Waals surface area contributed by atoms with Crippen LogP contribution in [0.2, 0.25) is 10.0 Å². The van der Waals surface area contributed by atoms with E-state index in [4.69, 9.17) is 23.2 Å². The van der Waals surface area contributed by atoms with Gasteiger partial charge in [-0.05, 0) is 18.9 Å². The number of anilines is 2. The maximum atomic E-state index is 11.5. The Morgan fingerprint density at radius 1 is 1.35 bits per heavy atom. The van der Waals surface area contributed by atoms with Crippen molar-refractivity contribution in [3.8, 4) is 0 Å². The highest BCUT2D eigenvalue weighted by Crippen LogP contribution is 2.30. The molecule has 0 bridgehead atoms. The topological polar surface area (TPSA) is 71.1 Å². The molecule has 1 aliphatic rings. The number of rotatable bonds is 5. The highest BCUT2D eigenvalue weighted by atomic mass is 35.5. The Morgan fingerprint density at radius 3 is 2.65 bits per heavy atom. The maximum absolute atomic E-state index is 11.5. The van der Waals surface area contributed by atoms with Gasteiger partial charge in [0.15, 0.2) is 9.84 Å². The van der Waals surface area contributed by atoms with Gasteiger partial charge in [-0.15, -0.1) is 0 Å². The van der Waals surface area contributed by atoms with Crippen LogP contribution in [0.15, 0.2) is 6.07 Å². The normalized spacial score (nSPS) is 20.9. The molecule has 8 heteroatoms. The van der Waals surface area contributed by atoms with Gasteiger partial charge in [-0.2, -0.15) is 0 Å². The Kier molecular flexibility index (Phi) is 4.99. The van der Waals surface area contributed by atoms with Crippen LogP contribution in [0, 0.1) is 0 Å². The van der Waals surface area contributed by atoms with E-state index < -0.39 is 9.84 Å². The minimum absolute atomic E-state index is 0.116. The van der Waals surface area contributed by atoms with Gasteiger partial charge in [-0.25, -0.2) is 13.4 Å². The smallest absolute Gasteiger partial charge is 0.152 e. The number of pyridine rings is 1. The van der Waals surface area contributed by atoms with Crippen LogP contribution in [0.25, 0.3) is 0 Å². The van der Waals surface area contributed by atoms with Crippen LogP contribution in [-0.2, 0) is 9.84 Å². The van der Waals surface area contributed by atoms with Gasteiger partial charge < -0.3 is 10.6 Å². The monoisotopic (exact) mass is 337 g/mol. The molecule has 20 heavy (non-hydrogen) atoms. The van der Waals surface area contributed by atoms with Crippen molar-refractivity contribution in [2.45, 2.75) is 25.8 Å². The Labute approximate surface area is 129 Å². The molecule has 0 saturated carbocycles. The zero-order valence-electron chi connectivity index (χ0n) is 11.1. The zero-order valence-corrected chi connectivity index (χ0v) is 13.4. The minimum Gasteiger partial charge on any atom is -0.369 e. The van der Waals surface area contributed by atoms with E-state index in [1.807, 2.05) is 6.92 Å². The summed E-state index contributed by atoms with van der Waals surface area (Å²) in [7, 11) is -2.94. The third-order valence-corrected chi connectivity index (χ3v) is 5.39. The highest BCUT2D eigenvalue weighted by molar-refractivity contribution is 7.91. The summed E-state index contributed by atoms with van der Waals surface area (Å²) < 4.78 is 22.9. The molecular formula is C12H17Cl2N3O2S. The third-order valence-electron chi connectivity index (χ3n) is 3.05. The standard InChI is InChI=1S/C12H17Cl2N3O2S/c1-2-4-15-11-9(13)6-10(14)12(17-11)16-8-3-5-20(18,19)7-8/h6,8H,2-5,7H2,1H3,(H2,15,16,17). The molecule has 1 aromatic heterocycles. The van der Waals surface area contributed by atoms with Crippen LogP contribution >= 0.6 is 23.2 Å². The first-order valence-electron chi connectivity index (χ1n) is 6.48. The number of hydrogen-bond donors (Lipinski definition) is 2. The van der Waals surface area contributed by atoms with Gasteiger partial charge in [0.2, 0.25) is 0 Å². The average molecular weight is 338 g/mol. The molecule has 2 rings (SSSR count).